The number of benzene rings is 1. The van der Waals surface area contributed by atoms with Gasteiger partial charge in [-0.3, -0.25) is 19.1 Å². The zero-order chi connectivity index (χ0) is 23.3. The van der Waals surface area contributed by atoms with Crippen molar-refractivity contribution in [3.63, 3.8) is 0 Å². The van der Waals surface area contributed by atoms with Gasteiger partial charge in [0.2, 0.25) is 5.95 Å². The zero-order valence-corrected chi connectivity index (χ0v) is 17.6. The van der Waals surface area contributed by atoms with E-state index in [0.29, 0.717) is 25.6 Å². The molecule has 1 N–H and O–H groups in total. The second kappa shape index (κ2) is 8.02. The highest BCUT2D eigenvalue weighted by Gasteiger charge is 2.56. The van der Waals surface area contributed by atoms with Crippen molar-refractivity contribution in [3.05, 3.63) is 76.1 Å². The molecule has 1 aromatic carbocycles. The molecule has 5 rings (SSSR count). The molecule has 2 aromatic heterocycles. The van der Waals surface area contributed by atoms with Gasteiger partial charge in [-0.25, -0.2) is 18.2 Å². The summed E-state index contributed by atoms with van der Waals surface area (Å²) in [5.74, 6) is -1.44. The van der Waals surface area contributed by atoms with Gasteiger partial charge in [-0.1, -0.05) is 0 Å². The molecule has 33 heavy (non-hydrogen) atoms. The quantitative estimate of drug-likeness (QED) is 0.640. The first-order valence-corrected chi connectivity index (χ1v) is 10.5. The maximum Gasteiger partial charge on any atom is 0.256 e. The van der Waals surface area contributed by atoms with Crippen LogP contribution < -0.4 is 10.9 Å². The molecule has 1 aliphatic heterocycles. The summed E-state index contributed by atoms with van der Waals surface area (Å²) < 4.78 is 42.8. The average Bonchev–Trinajstić information content (AvgIpc) is 3.24. The van der Waals surface area contributed by atoms with E-state index in [9.17, 15) is 22.8 Å². The van der Waals surface area contributed by atoms with Gasteiger partial charge in [0, 0.05) is 44.5 Å². The van der Waals surface area contributed by atoms with Crippen molar-refractivity contribution >= 4 is 11.9 Å². The van der Waals surface area contributed by atoms with Crippen molar-refractivity contribution in [3.8, 4) is 11.3 Å². The van der Waals surface area contributed by atoms with Crippen LogP contribution in [0.2, 0.25) is 0 Å². The largest absolute Gasteiger partial charge is 0.355 e. The maximum atomic E-state index is 14.1. The lowest BCUT2D eigenvalue weighted by Crippen LogP contribution is -2.33. The van der Waals surface area contributed by atoms with Gasteiger partial charge < -0.3 is 10.2 Å². The van der Waals surface area contributed by atoms with E-state index >= 15 is 0 Å². The van der Waals surface area contributed by atoms with E-state index in [1.807, 2.05) is 0 Å². The summed E-state index contributed by atoms with van der Waals surface area (Å²) in [6.45, 7) is 1.44. The Morgan fingerprint density at radius 1 is 1.12 bits per heavy atom. The fourth-order valence-electron chi connectivity index (χ4n) is 4.58. The number of pyridine rings is 1. The van der Waals surface area contributed by atoms with Crippen molar-refractivity contribution in [1.29, 1.82) is 0 Å². The normalized spacial score (nSPS) is 21.1. The zero-order valence-electron chi connectivity index (χ0n) is 17.6. The summed E-state index contributed by atoms with van der Waals surface area (Å²) in [4.78, 5) is 34.6. The maximum absolute atomic E-state index is 14.1. The Bertz CT molecular complexity index is 1300. The number of nitrogens with zero attached hydrogens (tertiary/aromatic N) is 4. The minimum absolute atomic E-state index is 0.188. The molecule has 0 radical (unpaired) electrons. The molecule has 1 amide bonds. The Kier molecular flexibility index (Phi) is 5.15. The molecule has 1 aliphatic carbocycles. The molecule has 3 aromatic rings. The SMILES string of the molecule is Cn1c(NCC2C3CN(C(=O)c4cc(F)ccc4F)CC23)nc(-c2ccncc2F)cc1=O. The summed E-state index contributed by atoms with van der Waals surface area (Å²) in [5.41, 5.74) is -0.188. The van der Waals surface area contributed by atoms with Gasteiger partial charge >= 0.3 is 0 Å². The van der Waals surface area contributed by atoms with Gasteiger partial charge in [0.1, 0.15) is 11.6 Å². The van der Waals surface area contributed by atoms with Crippen molar-refractivity contribution in [2.75, 3.05) is 25.0 Å². The van der Waals surface area contributed by atoms with Crippen LogP contribution in [-0.2, 0) is 7.05 Å². The molecular weight excluding hydrogens is 435 g/mol. The monoisotopic (exact) mass is 455 g/mol. The summed E-state index contributed by atoms with van der Waals surface area (Å²) in [5, 5.41) is 3.17. The van der Waals surface area contributed by atoms with Gasteiger partial charge in [0.15, 0.2) is 5.82 Å². The summed E-state index contributed by atoms with van der Waals surface area (Å²) >= 11 is 0. The highest BCUT2D eigenvalue weighted by Crippen LogP contribution is 2.51. The van der Waals surface area contributed by atoms with Crippen LogP contribution in [0.25, 0.3) is 11.3 Å². The van der Waals surface area contributed by atoms with Gasteiger partial charge in [-0.05, 0) is 42.0 Å². The molecule has 10 heteroatoms. The molecule has 3 heterocycles. The van der Waals surface area contributed by atoms with Crippen molar-refractivity contribution in [2.45, 2.75) is 0 Å². The molecule has 0 spiro atoms. The van der Waals surface area contributed by atoms with Crippen molar-refractivity contribution in [1.82, 2.24) is 19.4 Å². The molecule has 2 aliphatic rings. The molecule has 0 bridgehead atoms. The Hall–Kier alpha value is -3.69. The number of hydrogen-bond acceptors (Lipinski definition) is 5. The number of halogens is 3. The number of likely N-dealkylation sites (tertiary alicyclic amines) is 1. The number of hydrogen-bond donors (Lipinski definition) is 1. The first-order chi connectivity index (χ1) is 15.8. The number of nitrogens with one attached hydrogen (secondary N) is 1. The molecule has 7 nitrogen and oxygen atoms in total. The third-order valence-corrected chi connectivity index (χ3v) is 6.50. The summed E-state index contributed by atoms with van der Waals surface area (Å²) in [6, 6.07) is 5.58. The molecule has 1 saturated carbocycles. The smallest absolute Gasteiger partial charge is 0.256 e. The Labute approximate surface area is 186 Å². The van der Waals surface area contributed by atoms with E-state index in [4.69, 9.17) is 0 Å². The minimum Gasteiger partial charge on any atom is -0.355 e. The highest BCUT2D eigenvalue weighted by molar-refractivity contribution is 5.94. The Morgan fingerprint density at radius 3 is 2.61 bits per heavy atom. The van der Waals surface area contributed by atoms with E-state index < -0.39 is 23.4 Å². The van der Waals surface area contributed by atoms with E-state index in [0.717, 1.165) is 24.4 Å². The Balaban J connectivity index is 1.24. The molecular formula is C23H20F3N5O2. The van der Waals surface area contributed by atoms with Crippen molar-refractivity contribution in [2.24, 2.45) is 24.8 Å². The standard InChI is InChI=1S/C23H20F3N5O2/c1-30-21(32)7-20(13-4-5-27-9-19(13)26)29-23(30)28-8-15-16-10-31(11-17(15)16)22(33)14-6-12(24)2-3-18(14)25/h2-7,9,15-17H,8,10-11H2,1H3,(H,28,29). The van der Waals surface area contributed by atoms with E-state index in [2.05, 4.69) is 15.3 Å². The molecule has 170 valence electrons. The second-order valence-electron chi connectivity index (χ2n) is 8.42. The number of piperidine rings is 1. The third kappa shape index (κ3) is 3.85. The number of anilines is 1. The molecule has 2 atom stereocenters. The predicted molar refractivity (Wildman–Crippen MR) is 114 cm³/mol. The van der Waals surface area contributed by atoms with Crippen LogP contribution in [0, 0.1) is 35.2 Å². The lowest BCUT2D eigenvalue weighted by atomic mass is 10.1. The average molecular weight is 455 g/mol. The van der Waals surface area contributed by atoms with Gasteiger partial charge in [-0.2, -0.15) is 0 Å². The number of aromatic nitrogens is 3. The number of fused-ring (bicyclic) bond motifs is 1. The van der Waals surface area contributed by atoms with Crippen LogP contribution in [-0.4, -0.2) is 45.0 Å². The first-order valence-electron chi connectivity index (χ1n) is 10.5. The van der Waals surface area contributed by atoms with Gasteiger partial charge in [-0.15, -0.1) is 0 Å². The van der Waals surface area contributed by atoms with E-state index in [1.54, 1.807) is 11.9 Å². The topological polar surface area (TPSA) is 80.1 Å². The number of carbonyl (C=O) groups is 1. The van der Waals surface area contributed by atoms with E-state index in [1.165, 1.54) is 22.9 Å². The predicted octanol–water partition coefficient (Wildman–Crippen LogP) is 2.69. The van der Waals surface area contributed by atoms with Crippen LogP contribution in [0.3, 0.4) is 0 Å². The number of amides is 1. The lowest BCUT2D eigenvalue weighted by Gasteiger charge is -2.20. The van der Waals surface area contributed by atoms with Crippen LogP contribution >= 0.6 is 0 Å². The molecule has 2 fully saturated rings. The van der Waals surface area contributed by atoms with Crippen LogP contribution in [0.5, 0.6) is 0 Å². The highest BCUT2D eigenvalue weighted by atomic mass is 19.1. The summed E-state index contributed by atoms with van der Waals surface area (Å²) in [7, 11) is 1.58. The Morgan fingerprint density at radius 2 is 1.88 bits per heavy atom. The second-order valence-corrected chi connectivity index (χ2v) is 8.42. The molecule has 1 saturated heterocycles. The summed E-state index contributed by atoms with van der Waals surface area (Å²) in [6.07, 6.45) is 2.49. The first kappa shape index (κ1) is 21.2. The van der Waals surface area contributed by atoms with Gasteiger partial charge in [0.25, 0.3) is 11.5 Å². The van der Waals surface area contributed by atoms with Crippen LogP contribution in [0.4, 0.5) is 19.1 Å². The lowest BCUT2D eigenvalue weighted by molar-refractivity contribution is 0.0763. The fourth-order valence-corrected chi connectivity index (χ4v) is 4.58. The minimum atomic E-state index is -0.738. The fraction of sp³-hybridized carbons (Fsp3) is 0.304. The number of carbonyl (C=O) groups excluding carboxylic acids is 1. The van der Waals surface area contributed by atoms with Crippen LogP contribution in [0.1, 0.15) is 10.4 Å². The third-order valence-electron chi connectivity index (χ3n) is 6.50. The van der Waals surface area contributed by atoms with Crippen molar-refractivity contribution < 1.29 is 18.0 Å². The van der Waals surface area contributed by atoms with Gasteiger partial charge in [0.05, 0.1) is 17.5 Å². The van der Waals surface area contributed by atoms with E-state index in [-0.39, 0.29) is 40.1 Å². The van der Waals surface area contributed by atoms with Crippen LogP contribution in [0.15, 0.2) is 47.5 Å². The number of rotatable bonds is 5. The molecule has 2 unspecified atom stereocenters.